The first-order valence-corrected chi connectivity index (χ1v) is 7.52. The van der Waals surface area contributed by atoms with E-state index in [-0.39, 0.29) is 16.5 Å². The van der Waals surface area contributed by atoms with Crippen molar-refractivity contribution in [1.29, 1.82) is 0 Å². The zero-order valence-electron chi connectivity index (χ0n) is 13.7. The number of ether oxygens (including phenoxy) is 1. The van der Waals surface area contributed by atoms with Gasteiger partial charge in [0, 0.05) is 11.8 Å². The van der Waals surface area contributed by atoms with E-state index in [1.54, 1.807) is 0 Å². The third-order valence-electron chi connectivity index (χ3n) is 3.41. The van der Waals surface area contributed by atoms with E-state index in [0.717, 1.165) is 18.7 Å². The van der Waals surface area contributed by atoms with Gasteiger partial charge in [-0.05, 0) is 47.7 Å². The molecule has 2 nitrogen and oxygen atoms in total. The standard InChI is InChI=1S/C18H19F4NO/c1-17(2,3)7-9-24-15-5-4-13(19)11-14(15)12-6-8-23-16(10-12)18(20,21)22/h4-6,8,10-11H,7,9H2,1-3H3. The van der Waals surface area contributed by atoms with Gasteiger partial charge in [-0.1, -0.05) is 20.8 Å². The second-order valence-electron chi connectivity index (χ2n) is 6.73. The maximum atomic E-state index is 13.6. The van der Waals surface area contributed by atoms with Gasteiger partial charge in [0.2, 0.25) is 0 Å². The van der Waals surface area contributed by atoms with Crippen LogP contribution in [-0.2, 0) is 6.18 Å². The van der Waals surface area contributed by atoms with Crippen LogP contribution < -0.4 is 4.74 Å². The molecule has 0 atom stereocenters. The molecule has 2 aromatic rings. The van der Waals surface area contributed by atoms with E-state index in [4.69, 9.17) is 4.74 Å². The zero-order chi connectivity index (χ0) is 18.0. The van der Waals surface area contributed by atoms with E-state index in [2.05, 4.69) is 25.8 Å². The molecule has 0 N–H and O–H groups in total. The van der Waals surface area contributed by atoms with Gasteiger partial charge >= 0.3 is 6.18 Å². The molecular formula is C18H19F4NO. The Labute approximate surface area is 138 Å². The highest BCUT2D eigenvalue weighted by atomic mass is 19.4. The topological polar surface area (TPSA) is 22.1 Å². The van der Waals surface area contributed by atoms with Gasteiger partial charge < -0.3 is 4.74 Å². The third-order valence-corrected chi connectivity index (χ3v) is 3.41. The number of hydrogen-bond acceptors (Lipinski definition) is 2. The van der Waals surface area contributed by atoms with E-state index in [9.17, 15) is 17.6 Å². The number of alkyl halides is 3. The molecule has 0 bridgehead atoms. The summed E-state index contributed by atoms with van der Waals surface area (Å²) in [5.41, 5.74) is -0.482. The minimum atomic E-state index is -4.56. The van der Waals surface area contributed by atoms with Gasteiger partial charge in [-0.3, -0.25) is 4.98 Å². The van der Waals surface area contributed by atoms with Crippen molar-refractivity contribution in [3.8, 4) is 16.9 Å². The lowest BCUT2D eigenvalue weighted by atomic mass is 9.93. The first kappa shape index (κ1) is 18.2. The first-order valence-electron chi connectivity index (χ1n) is 7.52. The molecule has 0 aliphatic heterocycles. The largest absolute Gasteiger partial charge is 0.493 e. The van der Waals surface area contributed by atoms with Crippen molar-refractivity contribution in [2.75, 3.05) is 6.61 Å². The maximum Gasteiger partial charge on any atom is 0.433 e. The van der Waals surface area contributed by atoms with Crippen LogP contribution in [0.15, 0.2) is 36.5 Å². The van der Waals surface area contributed by atoms with Crippen LogP contribution in [0.1, 0.15) is 32.9 Å². The SMILES string of the molecule is CC(C)(C)CCOc1ccc(F)cc1-c1ccnc(C(F)(F)F)c1. The molecule has 0 radical (unpaired) electrons. The average molecular weight is 341 g/mol. The second kappa shape index (κ2) is 6.79. The monoisotopic (exact) mass is 341 g/mol. The molecule has 0 unspecified atom stereocenters. The summed E-state index contributed by atoms with van der Waals surface area (Å²) in [5, 5.41) is 0. The fourth-order valence-corrected chi connectivity index (χ4v) is 2.07. The number of aromatic nitrogens is 1. The molecule has 1 aromatic carbocycles. The number of halogens is 4. The van der Waals surface area contributed by atoms with Crippen molar-refractivity contribution >= 4 is 0 Å². The van der Waals surface area contributed by atoms with E-state index >= 15 is 0 Å². The highest BCUT2D eigenvalue weighted by Gasteiger charge is 2.32. The van der Waals surface area contributed by atoms with Crippen LogP contribution in [0, 0.1) is 11.2 Å². The van der Waals surface area contributed by atoms with Gasteiger partial charge in [0.05, 0.1) is 6.61 Å². The zero-order valence-corrected chi connectivity index (χ0v) is 13.7. The van der Waals surface area contributed by atoms with Gasteiger partial charge in [0.15, 0.2) is 0 Å². The highest BCUT2D eigenvalue weighted by Crippen LogP contribution is 2.35. The number of pyridine rings is 1. The lowest BCUT2D eigenvalue weighted by Gasteiger charge is -2.19. The Bertz CT molecular complexity index is 705. The highest BCUT2D eigenvalue weighted by molar-refractivity contribution is 5.70. The van der Waals surface area contributed by atoms with Gasteiger partial charge in [-0.25, -0.2) is 4.39 Å². The molecule has 1 heterocycles. The van der Waals surface area contributed by atoms with Crippen molar-refractivity contribution in [3.05, 3.63) is 48.0 Å². The Hall–Kier alpha value is -2.11. The number of rotatable bonds is 4. The third kappa shape index (κ3) is 4.94. The summed E-state index contributed by atoms with van der Waals surface area (Å²) in [6.45, 7) is 6.56. The minimum absolute atomic E-state index is 0.0559. The van der Waals surface area contributed by atoms with Crippen molar-refractivity contribution in [2.24, 2.45) is 5.41 Å². The van der Waals surface area contributed by atoms with Crippen molar-refractivity contribution in [3.63, 3.8) is 0 Å². The van der Waals surface area contributed by atoms with Crippen LogP contribution in [0.4, 0.5) is 17.6 Å². The molecule has 0 fully saturated rings. The maximum absolute atomic E-state index is 13.6. The van der Waals surface area contributed by atoms with E-state index in [0.29, 0.717) is 12.4 Å². The summed E-state index contributed by atoms with van der Waals surface area (Å²) >= 11 is 0. The Kier molecular flexibility index (Phi) is 5.16. The predicted molar refractivity (Wildman–Crippen MR) is 84.2 cm³/mol. The summed E-state index contributed by atoms with van der Waals surface area (Å²) in [6.07, 6.45) is -2.74. The fraction of sp³-hybridized carbons (Fsp3) is 0.389. The van der Waals surface area contributed by atoms with Crippen LogP contribution in [0.5, 0.6) is 5.75 Å². The number of benzene rings is 1. The second-order valence-corrected chi connectivity index (χ2v) is 6.73. The first-order chi connectivity index (χ1) is 11.1. The smallest absolute Gasteiger partial charge is 0.433 e. The Balaban J connectivity index is 2.34. The van der Waals surface area contributed by atoms with Gasteiger partial charge in [0.25, 0.3) is 0 Å². The lowest BCUT2D eigenvalue weighted by molar-refractivity contribution is -0.141. The summed E-state index contributed by atoms with van der Waals surface area (Å²) < 4.78 is 57.8. The van der Waals surface area contributed by atoms with Gasteiger partial charge in [0.1, 0.15) is 17.3 Å². The molecule has 0 amide bonds. The van der Waals surface area contributed by atoms with Crippen LogP contribution in [0.2, 0.25) is 0 Å². The van der Waals surface area contributed by atoms with Crippen LogP contribution in [0.25, 0.3) is 11.1 Å². The number of hydrogen-bond donors (Lipinski definition) is 0. The Morgan fingerprint density at radius 2 is 1.75 bits per heavy atom. The quantitative estimate of drug-likeness (QED) is 0.663. The number of nitrogens with zero attached hydrogens (tertiary/aromatic N) is 1. The normalized spacial score (nSPS) is 12.3. The summed E-state index contributed by atoms with van der Waals surface area (Å²) in [5.74, 6) is -0.196. The molecule has 0 aliphatic rings. The molecule has 1 aromatic heterocycles. The Morgan fingerprint density at radius 3 is 2.38 bits per heavy atom. The van der Waals surface area contributed by atoms with Crippen molar-refractivity contribution < 1.29 is 22.3 Å². The van der Waals surface area contributed by atoms with Gasteiger partial charge in [-0.2, -0.15) is 13.2 Å². The van der Waals surface area contributed by atoms with E-state index < -0.39 is 17.7 Å². The van der Waals surface area contributed by atoms with E-state index in [1.807, 2.05) is 0 Å². The molecule has 24 heavy (non-hydrogen) atoms. The van der Waals surface area contributed by atoms with E-state index in [1.165, 1.54) is 24.3 Å². The summed E-state index contributed by atoms with van der Waals surface area (Å²) in [4.78, 5) is 3.32. The summed E-state index contributed by atoms with van der Waals surface area (Å²) in [7, 11) is 0. The minimum Gasteiger partial charge on any atom is -0.493 e. The average Bonchev–Trinajstić information content (AvgIpc) is 2.47. The molecule has 2 rings (SSSR count). The van der Waals surface area contributed by atoms with Crippen LogP contribution >= 0.6 is 0 Å². The Morgan fingerprint density at radius 1 is 1.04 bits per heavy atom. The summed E-state index contributed by atoms with van der Waals surface area (Å²) in [6, 6.07) is 6.12. The van der Waals surface area contributed by atoms with Gasteiger partial charge in [-0.15, -0.1) is 0 Å². The molecule has 0 aliphatic carbocycles. The molecule has 0 saturated heterocycles. The fourth-order valence-electron chi connectivity index (χ4n) is 2.07. The van der Waals surface area contributed by atoms with Crippen LogP contribution in [-0.4, -0.2) is 11.6 Å². The molecule has 130 valence electrons. The predicted octanol–water partition coefficient (Wildman–Crippen LogP) is 5.72. The lowest BCUT2D eigenvalue weighted by Crippen LogP contribution is -2.11. The molecule has 0 saturated carbocycles. The van der Waals surface area contributed by atoms with Crippen molar-refractivity contribution in [2.45, 2.75) is 33.4 Å². The van der Waals surface area contributed by atoms with Crippen LogP contribution in [0.3, 0.4) is 0 Å². The molecule has 6 heteroatoms. The van der Waals surface area contributed by atoms with Crippen molar-refractivity contribution in [1.82, 2.24) is 4.98 Å². The molecule has 0 spiro atoms. The molecular weight excluding hydrogens is 322 g/mol.